The molecule has 2 rings (SSSR count). The van der Waals surface area contributed by atoms with E-state index in [1.165, 1.54) is 6.07 Å². The Morgan fingerprint density at radius 2 is 1.17 bits per heavy atom. The average Bonchev–Trinajstić information content (AvgIpc) is 2.96. The van der Waals surface area contributed by atoms with Crippen LogP contribution in [0.2, 0.25) is 5.02 Å². The van der Waals surface area contributed by atoms with Gasteiger partial charge in [-0.3, -0.25) is 28.8 Å². The van der Waals surface area contributed by atoms with E-state index in [9.17, 15) is 28.8 Å². The lowest BCUT2D eigenvalue weighted by Gasteiger charge is -2.38. The van der Waals surface area contributed by atoms with E-state index < -0.39 is 72.9 Å². The molecule has 0 fully saturated rings. The first-order chi connectivity index (χ1) is 22.1. The normalized spacial score (nSPS) is 13.9. The molecular weight excluding hydrogens is 640 g/mol. The lowest BCUT2D eigenvalue weighted by atomic mass is 9.92. The number of carbonyl (C=O) groups excluding carboxylic acids is 6. The Morgan fingerprint density at radius 1 is 0.638 bits per heavy atom. The van der Waals surface area contributed by atoms with Crippen molar-refractivity contribution in [1.82, 2.24) is 0 Å². The SMILES string of the molecule is CCOc1ccc(Cc2cc([C@H](OC(C)=O)[C@H](OC(C)=O)[C@@H](OC(C)=O)[C@@H](OC(C)=O)[C@H](COC(C)=O)OC(C)=O)ccc2Cl)cc1. The van der Waals surface area contributed by atoms with Crippen molar-refractivity contribution in [2.24, 2.45) is 0 Å². The Morgan fingerprint density at radius 3 is 1.68 bits per heavy atom. The van der Waals surface area contributed by atoms with E-state index in [1.54, 1.807) is 12.1 Å². The number of carbonyl (C=O) groups is 6. The van der Waals surface area contributed by atoms with Crippen molar-refractivity contribution in [3.8, 4) is 5.75 Å². The highest BCUT2D eigenvalue weighted by Crippen LogP contribution is 2.34. The van der Waals surface area contributed by atoms with Gasteiger partial charge in [-0.05, 0) is 48.2 Å². The monoisotopic (exact) mass is 678 g/mol. The molecule has 0 radical (unpaired) electrons. The van der Waals surface area contributed by atoms with Crippen LogP contribution >= 0.6 is 11.6 Å². The number of hydrogen-bond donors (Lipinski definition) is 0. The lowest BCUT2D eigenvalue weighted by molar-refractivity contribution is -0.214. The van der Waals surface area contributed by atoms with Crippen molar-refractivity contribution in [1.29, 1.82) is 0 Å². The molecule has 0 spiro atoms. The molecule has 0 aliphatic heterocycles. The lowest BCUT2D eigenvalue weighted by Crippen LogP contribution is -2.54. The standard InChI is InChI=1S/C33H39ClO13/c1-8-41-27-12-9-24(10-13-27)15-26-16-25(11-14-28(26)34)30(44-20(4)37)32(46-22(6)39)33(47-23(7)40)31(45-21(5)38)29(43-19(3)36)17-42-18(2)35/h9-14,16,29-33H,8,15,17H2,1-7H3/t29-,30-,31-,32-,33-/m0/s1. The van der Waals surface area contributed by atoms with Gasteiger partial charge in [0.05, 0.1) is 6.61 Å². The molecule has 0 bridgehead atoms. The topological polar surface area (TPSA) is 167 Å². The third-order valence-electron chi connectivity index (χ3n) is 6.31. The van der Waals surface area contributed by atoms with Crippen LogP contribution in [0.5, 0.6) is 5.75 Å². The van der Waals surface area contributed by atoms with Gasteiger partial charge in [0.2, 0.25) is 0 Å². The quantitative estimate of drug-likeness (QED) is 0.183. The van der Waals surface area contributed by atoms with Crippen LogP contribution in [-0.4, -0.2) is 73.4 Å². The second-order valence-corrected chi connectivity index (χ2v) is 10.7. The Kier molecular flexibility index (Phi) is 15.2. The van der Waals surface area contributed by atoms with Gasteiger partial charge in [-0.15, -0.1) is 0 Å². The molecule has 256 valence electrons. The number of halogens is 1. The highest BCUT2D eigenvalue weighted by Gasteiger charge is 2.48. The number of esters is 6. The summed E-state index contributed by atoms with van der Waals surface area (Å²) in [5.41, 5.74) is 1.73. The molecule has 0 heterocycles. The predicted molar refractivity (Wildman–Crippen MR) is 165 cm³/mol. The molecule has 0 N–H and O–H groups in total. The van der Waals surface area contributed by atoms with E-state index in [2.05, 4.69) is 0 Å². The highest BCUT2D eigenvalue weighted by molar-refractivity contribution is 6.31. The Balaban J connectivity index is 2.75. The van der Waals surface area contributed by atoms with Gasteiger partial charge in [0.15, 0.2) is 30.5 Å². The zero-order valence-corrected chi connectivity index (χ0v) is 28.0. The minimum absolute atomic E-state index is 0.263. The van der Waals surface area contributed by atoms with Gasteiger partial charge in [0, 0.05) is 46.6 Å². The third-order valence-corrected chi connectivity index (χ3v) is 6.68. The largest absolute Gasteiger partial charge is 0.494 e. The van der Waals surface area contributed by atoms with Crippen LogP contribution in [0, 0.1) is 0 Å². The van der Waals surface area contributed by atoms with E-state index in [0.29, 0.717) is 29.4 Å². The number of hydrogen-bond acceptors (Lipinski definition) is 13. The highest BCUT2D eigenvalue weighted by atomic mass is 35.5. The molecule has 13 nitrogen and oxygen atoms in total. The van der Waals surface area contributed by atoms with Crippen molar-refractivity contribution in [2.75, 3.05) is 13.2 Å². The van der Waals surface area contributed by atoms with Crippen LogP contribution in [0.3, 0.4) is 0 Å². The van der Waals surface area contributed by atoms with E-state index in [0.717, 1.165) is 47.1 Å². The first-order valence-corrected chi connectivity index (χ1v) is 15.0. The molecule has 47 heavy (non-hydrogen) atoms. The van der Waals surface area contributed by atoms with Crippen LogP contribution in [0.1, 0.15) is 71.3 Å². The van der Waals surface area contributed by atoms with Crippen molar-refractivity contribution < 1.29 is 61.9 Å². The van der Waals surface area contributed by atoms with Crippen LogP contribution in [0.25, 0.3) is 0 Å². The van der Waals surface area contributed by atoms with Crippen molar-refractivity contribution in [3.05, 3.63) is 64.2 Å². The first kappa shape index (κ1) is 38.5. The molecule has 2 aromatic rings. The number of rotatable bonds is 16. The van der Waals surface area contributed by atoms with E-state index in [-0.39, 0.29) is 5.56 Å². The van der Waals surface area contributed by atoms with Crippen LogP contribution < -0.4 is 4.74 Å². The van der Waals surface area contributed by atoms with Crippen molar-refractivity contribution in [2.45, 2.75) is 85.4 Å². The summed E-state index contributed by atoms with van der Waals surface area (Å²) in [7, 11) is 0. The Hall–Kier alpha value is -4.65. The summed E-state index contributed by atoms with van der Waals surface area (Å²) in [6.45, 7) is 8.13. The second kappa shape index (κ2) is 18.5. The molecule has 0 amide bonds. The van der Waals surface area contributed by atoms with Crippen molar-refractivity contribution >= 4 is 47.4 Å². The zero-order valence-electron chi connectivity index (χ0n) is 27.2. The fraction of sp³-hybridized carbons (Fsp3) is 0.455. The molecule has 0 saturated carbocycles. The number of ether oxygens (including phenoxy) is 7. The van der Waals surface area contributed by atoms with Gasteiger partial charge in [-0.1, -0.05) is 35.9 Å². The molecule has 5 atom stereocenters. The molecule has 0 saturated heterocycles. The summed E-state index contributed by atoms with van der Waals surface area (Å²) in [5, 5.41) is 0.374. The molecule has 2 aromatic carbocycles. The summed E-state index contributed by atoms with van der Waals surface area (Å²) in [6.07, 6.45) is -7.89. The van der Waals surface area contributed by atoms with Gasteiger partial charge in [0.1, 0.15) is 12.4 Å². The van der Waals surface area contributed by atoms with Crippen LogP contribution in [-0.2, 0) is 63.6 Å². The van der Waals surface area contributed by atoms with Gasteiger partial charge in [0.25, 0.3) is 0 Å². The fourth-order valence-corrected chi connectivity index (χ4v) is 4.85. The summed E-state index contributed by atoms with van der Waals surface area (Å²) >= 11 is 6.56. The minimum atomic E-state index is -1.77. The molecule has 0 aromatic heterocycles. The molecule has 14 heteroatoms. The first-order valence-electron chi connectivity index (χ1n) is 14.6. The Labute approximate surface area is 277 Å². The fourth-order valence-electron chi connectivity index (χ4n) is 4.66. The maximum Gasteiger partial charge on any atom is 0.303 e. The maximum atomic E-state index is 12.5. The van der Waals surface area contributed by atoms with Gasteiger partial charge in [-0.2, -0.15) is 0 Å². The average molecular weight is 679 g/mol. The molecule has 0 aliphatic carbocycles. The van der Waals surface area contributed by atoms with Crippen molar-refractivity contribution in [3.63, 3.8) is 0 Å². The molecule has 0 unspecified atom stereocenters. The second-order valence-electron chi connectivity index (χ2n) is 10.3. The van der Waals surface area contributed by atoms with Crippen LogP contribution in [0.4, 0.5) is 0 Å². The van der Waals surface area contributed by atoms with E-state index in [1.807, 2.05) is 31.2 Å². The van der Waals surface area contributed by atoms with E-state index >= 15 is 0 Å². The van der Waals surface area contributed by atoms with Gasteiger partial charge in [-0.25, -0.2) is 0 Å². The molecular formula is C33H39ClO13. The smallest absolute Gasteiger partial charge is 0.303 e. The minimum Gasteiger partial charge on any atom is -0.494 e. The van der Waals surface area contributed by atoms with Gasteiger partial charge < -0.3 is 33.2 Å². The predicted octanol–water partition coefficient (Wildman–Crippen LogP) is 4.22. The summed E-state index contributed by atoms with van der Waals surface area (Å²) in [5.74, 6) is -4.47. The van der Waals surface area contributed by atoms with E-state index in [4.69, 9.17) is 44.8 Å². The molecule has 0 aliphatic rings. The summed E-state index contributed by atoms with van der Waals surface area (Å²) in [4.78, 5) is 73.5. The Bertz CT molecular complexity index is 1420. The maximum absolute atomic E-state index is 12.5. The summed E-state index contributed by atoms with van der Waals surface area (Å²) < 4.78 is 38.2. The zero-order chi connectivity index (χ0) is 35.3. The number of benzene rings is 2. The third kappa shape index (κ3) is 12.9. The summed E-state index contributed by atoms with van der Waals surface area (Å²) in [6, 6.07) is 12.0. The van der Waals surface area contributed by atoms with Crippen LogP contribution in [0.15, 0.2) is 42.5 Å². The van der Waals surface area contributed by atoms with Gasteiger partial charge >= 0.3 is 35.8 Å².